The van der Waals surface area contributed by atoms with Crippen LogP contribution in [0.4, 0.5) is 4.39 Å². The molecule has 0 saturated carbocycles. The van der Waals surface area contributed by atoms with Crippen LogP contribution in [-0.2, 0) is 17.1 Å². The molecule has 0 spiro atoms. The molecular weight excluding hydrogens is 397 g/mol. The van der Waals surface area contributed by atoms with Gasteiger partial charge in [0.25, 0.3) is 0 Å². The Morgan fingerprint density at radius 2 is 2.04 bits per heavy atom. The van der Waals surface area contributed by atoms with Crippen LogP contribution in [0.15, 0.2) is 40.9 Å². The molecule has 0 unspecified atom stereocenters. The predicted molar refractivity (Wildman–Crippen MR) is 94.7 cm³/mol. The van der Waals surface area contributed by atoms with E-state index < -0.39 is 0 Å². The third-order valence-electron chi connectivity index (χ3n) is 3.43. The zero-order chi connectivity index (χ0) is 16.9. The minimum atomic E-state index is -0.280. The Morgan fingerprint density at radius 1 is 1.21 bits per heavy atom. The molecule has 0 atom stereocenters. The Kier molecular flexibility index (Phi) is 5.63. The lowest BCUT2D eigenvalue weighted by molar-refractivity contribution is -0.118. The van der Waals surface area contributed by atoms with Crippen LogP contribution in [0.3, 0.4) is 0 Å². The van der Waals surface area contributed by atoms with Crippen LogP contribution in [0.25, 0.3) is 0 Å². The van der Waals surface area contributed by atoms with E-state index in [0.29, 0.717) is 23.8 Å². The molecule has 2 aromatic carbocycles. The first-order valence-electron chi connectivity index (χ1n) is 7.29. The van der Waals surface area contributed by atoms with Gasteiger partial charge in [0, 0.05) is 16.8 Å². The Bertz CT molecular complexity index is 757. The predicted octanol–water partition coefficient (Wildman–Crippen LogP) is 3.87. The van der Waals surface area contributed by atoms with E-state index in [-0.39, 0.29) is 18.5 Å². The van der Waals surface area contributed by atoms with E-state index in [0.717, 1.165) is 21.3 Å². The van der Waals surface area contributed by atoms with E-state index in [2.05, 4.69) is 21.2 Å². The molecule has 24 heavy (non-hydrogen) atoms. The van der Waals surface area contributed by atoms with E-state index in [1.54, 1.807) is 6.07 Å². The standard InChI is InChI=1S/C17H15BrFNO3S/c18-14-6-13(19)3-2-12(14)8-24-9-17(21)20-7-11-1-4-15-16(5-11)23-10-22-15/h1-6H,7-10H2,(H,20,21). The lowest BCUT2D eigenvalue weighted by Gasteiger charge is -2.07. The molecule has 0 fully saturated rings. The third-order valence-corrected chi connectivity index (χ3v) is 5.15. The molecule has 0 radical (unpaired) electrons. The topological polar surface area (TPSA) is 47.6 Å². The highest BCUT2D eigenvalue weighted by atomic mass is 79.9. The second kappa shape index (κ2) is 7.90. The number of carbonyl (C=O) groups excluding carboxylic acids is 1. The molecule has 2 aromatic rings. The number of rotatable bonds is 6. The average Bonchev–Trinajstić information content (AvgIpc) is 3.02. The number of carbonyl (C=O) groups is 1. The maximum Gasteiger partial charge on any atom is 0.231 e. The molecule has 0 aromatic heterocycles. The van der Waals surface area contributed by atoms with Crippen molar-refractivity contribution in [3.63, 3.8) is 0 Å². The molecule has 1 aliphatic rings. The van der Waals surface area contributed by atoms with Gasteiger partial charge in [-0.1, -0.05) is 28.1 Å². The van der Waals surface area contributed by atoms with E-state index in [4.69, 9.17) is 9.47 Å². The van der Waals surface area contributed by atoms with E-state index in [1.807, 2.05) is 18.2 Å². The molecule has 1 amide bonds. The van der Waals surface area contributed by atoms with Crippen LogP contribution in [-0.4, -0.2) is 18.5 Å². The molecule has 0 aliphatic carbocycles. The van der Waals surface area contributed by atoms with Crippen LogP contribution in [0.5, 0.6) is 11.5 Å². The van der Waals surface area contributed by atoms with Gasteiger partial charge in [0.1, 0.15) is 5.82 Å². The Morgan fingerprint density at radius 3 is 2.88 bits per heavy atom. The first kappa shape index (κ1) is 17.1. The Hall–Kier alpha value is -1.73. The monoisotopic (exact) mass is 411 g/mol. The van der Waals surface area contributed by atoms with Gasteiger partial charge >= 0.3 is 0 Å². The fourth-order valence-corrected chi connectivity index (χ4v) is 3.73. The second-order valence-corrected chi connectivity index (χ2v) is 7.03. The summed E-state index contributed by atoms with van der Waals surface area (Å²) in [7, 11) is 0. The fraction of sp³-hybridized carbons (Fsp3) is 0.235. The molecular formula is C17H15BrFNO3S. The maximum atomic E-state index is 13.0. The van der Waals surface area contributed by atoms with Gasteiger partial charge in [0.15, 0.2) is 11.5 Å². The number of nitrogens with one attached hydrogen (secondary N) is 1. The van der Waals surface area contributed by atoms with Crippen molar-refractivity contribution < 1.29 is 18.7 Å². The van der Waals surface area contributed by atoms with Crippen molar-refractivity contribution in [1.29, 1.82) is 0 Å². The van der Waals surface area contributed by atoms with Gasteiger partial charge in [0.05, 0.1) is 5.75 Å². The molecule has 1 aliphatic heterocycles. The summed E-state index contributed by atoms with van der Waals surface area (Å²) in [6.45, 7) is 0.678. The lowest BCUT2D eigenvalue weighted by atomic mass is 10.2. The zero-order valence-corrected chi connectivity index (χ0v) is 15.1. The fourth-order valence-electron chi connectivity index (χ4n) is 2.20. The zero-order valence-electron chi connectivity index (χ0n) is 12.7. The molecule has 0 saturated heterocycles. The van der Waals surface area contributed by atoms with E-state index in [9.17, 15) is 9.18 Å². The molecule has 7 heteroatoms. The first-order valence-corrected chi connectivity index (χ1v) is 9.23. The van der Waals surface area contributed by atoms with Gasteiger partial charge in [-0.05, 0) is 35.4 Å². The molecule has 0 bridgehead atoms. The summed E-state index contributed by atoms with van der Waals surface area (Å²) in [5.74, 6) is 2.09. The average molecular weight is 412 g/mol. The third kappa shape index (κ3) is 4.42. The van der Waals surface area contributed by atoms with Gasteiger partial charge in [-0.25, -0.2) is 4.39 Å². The minimum Gasteiger partial charge on any atom is -0.454 e. The molecule has 1 N–H and O–H groups in total. The quantitative estimate of drug-likeness (QED) is 0.783. The van der Waals surface area contributed by atoms with Crippen LogP contribution < -0.4 is 14.8 Å². The highest BCUT2D eigenvalue weighted by molar-refractivity contribution is 9.10. The van der Waals surface area contributed by atoms with E-state index in [1.165, 1.54) is 23.9 Å². The second-order valence-electron chi connectivity index (χ2n) is 5.19. The van der Waals surface area contributed by atoms with Crippen molar-refractivity contribution in [2.75, 3.05) is 12.5 Å². The number of fused-ring (bicyclic) bond motifs is 1. The molecule has 4 nitrogen and oxygen atoms in total. The van der Waals surface area contributed by atoms with Gasteiger partial charge < -0.3 is 14.8 Å². The highest BCUT2D eigenvalue weighted by Crippen LogP contribution is 2.32. The van der Waals surface area contributed by atoms with Crippen LogP contribution in [0, 0.1) is 5.82 Å². The minimum absolute atomic E-state index is 0.0455. The van der Waals surface area contributed by atoms with Crippen LogP contribution in [0.2, 0.25) is 0 Å². The summed E-state index contributed by atoms with van der Waals surface area (Å²) in [5.41, 5.74) is 1.92. The van der Waals surface area contributed by atoms with Crippen molar-refractivity contribution >= 4 is 33.6 Å². The van der Waals surface area contributed by atoms with Crippen molar-refractivity contribution in [2.24, 2.45) is 0 Å². The summed E-state index contributed by atoms with van der Waals surface area (Å²) in [6, 6.07) is 10.2. The summed E-state index contributed by atoms with van der Waals surface area (Å²) in [4.78, 5) is 11.9. The Balaban J connectivity index is 1.43. The van der Waals surface area contributed by atoms with Crippen LogP contribution in [0.1, 0.15) is 11.1 Å². The number of halogens is 2. The van der Waals surface area contributed by atoms with Crippen molar-refractivity contribution in [2.45, 2.75) is 12.3 Å². The maximum absolute atomic E-state index is 13.0. The summed E-state index contributed by atoms with van der Waals surface area (Å²) < 4.78 is 24.3. The van der Waals surface area contributed by atoms with Crippen molar-refractivity contribution in [1.82, 2.24) is 5.32 Å². The number of benzene rings is 2. The number of hydrogen-bond acceptors (Lipinski definition) is 4. The molecule has 126 valence electrons. The lowest BCUT2D eigenvalue weighted by Crippen LogP contribution is -2.24. The Labute approximate surface area is 151 Å². The van der Waals surface area contributed by atoms with Gasteiger partial charge in [-0.15, -0.1) is 11.8 Å². The first-order chi connectivity index (χ1) is 11.6. The highest BCUT2D eigenvalue weighted by Gasteiger charge is 2.13. The number of ether oxygens (including phenoxy) is 2. The smallest absolute Gasteiger partial charge is 0.231 e. The number of thioether (sulfide) groups is 1. The van der Waals surface area contributed by atoms with Gasteiger partial charge in [-0.2, -0.15) is 0 Å². The summed E-state index contributed by atoms with van der Waals surface area (Å²) >= 11 is 4.80. The number of amides is 1. The van der Waals surface area contributed by atoms with E-state index >= 15 is 0 Å². The van der Waals surface area contributed by atoms with Crippen LogP contribution >= 0.6 is 27.7 Å². The summed E-state index contributed by atoms with van der Waals surface area (Å²) in [5, 5.41) is 2.87. The molecule has 3 rings (SSSR count). The van der Waals surface area contributed by atoms with Crippen molar-refractivity contribution in [3.05, 3.63) is 57.8 Å². The SMILES string of the molecule is O=C(CSCc1ccc(F)cc1Br)NCc1ccc2c(c1)OCO2. The largest absolute Gasteiger partial charge is 0.454 e. The van der Waals surface area contributed by atoms with Gasteiger partial charge in [-0.3, -0.25) is 4.79 Å². The molecule has 1 heterocycles. The normalized spacial score (nSPS) is 12.2. The number of hydrogen-bond donors (Lipinski definition) is 1. The summed E-state index contributed by atoms with van der Waals surface area (Å²) in [6.07, 6.45) is 0. The van der Waals surface area contributed by atoms with Gasteiger partial charge in [0.2, 0.25) is 12.7 Å². The van der Waals surface area contributed by atoms with Crippen molar-refractivity contribution in [3.8, 4) is 11.5 Å².